The largest absolute Gasteiger partial charge is 0.495 e. The van der Waals surface area contributed by atoms with E-state index in [0.717, 1.165) is 24.7 Å². The maximum absolute atomic E-state index is 12.4. The highest BCUT2D eigenvalue weighted by Gasteiger charge is 2.20. The Labute approximate surface area is 189 Å². The van der Waals surface area contributed by atoms with Gasteiger partial charge in [0.2, 0.25) is 15.9 Å². The summed E-state index contributed by atoms with van der Waals surface area (Å²) < 4.78 is 30.9. The maximum atomic E-state index is 12.4. The van der Waals surface area contributed by atoms with Gasteiger partial charge in [0.15, 0.2) is 0 Å². The van der Waals surface area contributed by atoms with Crippen LogP contribution in [0.3, 0.4) is 0 Å². The molecule has 0 heterocycles. The summed E-state index contributed by atoms with van der Waals surface area (Å²) in [7, 11) is -2.02. The van der Waals surface area contributed by atoms with Crippen molar-refractivity contribution < 1.29 is 17.9 Å². The van der Waals surface area contributed by atoms with Gasteiger partial charge in [-0.15, -0.1) is 0 Å². The molecule has 0 radical (unpaired) electrons. The highest BCUT2D eigenvalue weighted by molar-refractivity contribution is 7.92. The van der Waals surface area contributed by atoms with Crippen molar-refractivity contribution in [2.24, 2.45) is 0 Å². The van der Waals surface area contributed by atoms with E-state index in [2.05, 4.69) is 23.5 Å². The first-order chi connectivity index (χ1) is 14.7. The zero-order valence-corrected chi connectivity index (χ0v) is 19.7. The molecular weight excluding hydrogens is 436 g/mol. The maximum Gasteiger partial charge on any atom is 0.232 e. The Balaban J connectivity index is 1.57. The number of aryl methyl sites for hydroxylation is 2. The first-order valence-corrected chi connectivity index (χ1v) is 12.6. The van der Waals surface area contributed by atoms with Gasteiger partial charge in [0.1, 0.15) is 5.75 Å². The van der Waals surface area contributed by atoms with Gasteiger partial charge in [-0.3, -0.25) is 9.10 Å². The monoisotopic (exact) mass is 464 g/mol. The van der Waals surface area contributed by atoms with Crippen molar-refractivity contribution in [1.82, 2.24) is 5.32 Å². The van der Waals surface area contributed by atoms with Crippen LogP contribution < -0.4 is 14.4 Å². The van der Waals surface area contributed by atoms with Crippen molar-refractivity contribution in [1.29, 1.82) is 0 Å². The van der Waals surface area contributed by atoms with Crippen LogP contribution in [0.5, 0.6) is 5.75 Å². The number of ether oxygens (including phenoxy) is 1. The average Bonchev–Trinajstić information content (AvgIpc) is 3.18. The van der Waals surface area contributed by atoms with Gasteiger partial charge in [-0.2, -0.15) is 0 Å². The molecule has 1 atom stereocenters. The number of hydrogen-bond acceptors (Lipinski definition) is 4. The number of sulfonamides is 1. The quantitative estimate of drug-likeness (QED) is 0.601. The fourth-order valence-electron chi connectivity index (χ4n) is 3.94. The molecule has 3 rings (SSSR count). The van der Waals surface area contributed by atoms with Crippen LogP contribution in [0, 0.1) is 0 Å². The number of rotatable bonds is 9. The summed E-state index contributed by atoms with van der Waals surface area (Å²) in [4.78, 5) is 12.4. The molecule has 31 heavy (non-hydrogen) atoms. The molecule has 0 bridgehead atoms. The summed E-state index contributed by atoms with van der Waals surface area (Å²) in [5.41, 5.74) is 4.32. The Morgan fingerprint density at radius 1 is 1.19 bits per heavy atom. The minimum absolute atomic E-state index is 0.0928. The van der Waals surface area contributed by atoms with Gasteiger partial charge in [-0.1, -0.05) is 29.8 Å². The second kappa shape index (κ2) is 9.92. The number of nitrogens with zero attached hydrogens (tertiary/aromatic N) is 1. The first kappa shape index (κ1) is 23.4. The number of halogens is 1. The van der Waals surface area contributed by atoms with Crippen LogP contribution in [-0.2, 0) is 27.7 Å². The molecule has 2 aromatic carbocycles. The van der Waals surface area contributed by atoms with Gasteiger partial charge >= 0.3 is 0 Å². The normalized spacial score (nSPS) is 14.1. The summed E-state index contributed by atoms with van der Waals surface area (Å²) >= 11 is 6.15. The third-order valence-electron chi connectivity index (χ3n) is 5.59. The van der Waals surface area contributed by atoms with Crippen LogP contribution in [0.1, 0.15) is 48.9 Å². The molecule has 0 fully saturated rings. The summed E-state index contributed by atoms with van der Waals surface area (Å²) in [5.74, 6) is 0.369. The lowest BCUT2D eigenvalue weighted by molar-refractivity contribution is -0.121. The molecule has 1 amide bonds. The average molecular weight is 465 g/mol. The smallest absolute Gasteiger partial charge is 0.232 e. The van der Waals surface area contributed by atoms with E-state index in [1.165, 1.54) is 29.0 Å². The summed E-state index contributed by atoms with van der Waals surface area (Å²) in [5, 5.41) is 3.35. The number of anilines is 1. The third kappa shape index (κ3) is 5.92. The van der Waals surface area contributed by atoms with Crippen LogP contribution in [0.15, 0.2) is 36.4 Å². The van der Waals surface area contributed by atoms with Crippen LogP contribution in [0.25, 0.3) is 0 Å². The predicted molar refractivity (Wildman–Crippen MR) is 124 cm³/mol. The first-order valence-electron chi connectivity index (χ1n) is 10.4. The highest BCUT2D eigenvalue weighted by Crippen LogP contribution is 2.30. The molecule has 1 N–H and O–H groups in total. The number of hydrogen-bond donors (Lipinski definition) is 1. The molecule has 6 nitrogen and oxygen atoms in total. The van der Waals surface area contributed by atoms with Crippen LogP contribution in [0.2, 0.25) is 5.02 Å². The predicted octanol–water partition coefficient (Wildman–Crippen LogP) is 4.26. The van der Waals surface area contributed by atoms with E-state index in [-0.39, 0.29) is 24.9 Å². The van der Waals surface area contributed by atoms with E-state index in [9.17, 15) is 13.2 Å². The number of fused-ring (bicyclic) bond motifs is 1. The van der Waals surface area contributed by atoms with Crippen molar-refractivity contribution in [3.8, 4) is 5.75 Å². The van der Waals surface area contributed by atoms with Gasteiger partial charge in [0, 0.05) is 13.0 Å². The van der Waals surface area contributed by atoms with Gasteiger partial charge < -0.3 is 10.1 Å². The number of nitrogens with one attached hydrogen (secondary N) is 1. The molecule has 168 valence electrons. The number of carbonyl (C=O) groups is 1. The van der Waals surface area contributed by atoms with Crippen molar-refractivity contribution in [2.45, 2.75) is 45.1 Å². The molecule has 1 unspecified atom stereocenters. The molecule has 0 spiro atoms. The van der Waals surface area contributed by atoms with Crippen molar-refractivity contribution in [3.05, 3.63) is 58.1 Å². The van der Waals surface area contributed by atoms with E-state index >= 15 is 0 Å². The number of methoxy groups -OCH3 is 1. The molecule has 8 heteroatoms. The molecule has 0 saturated heterocycles. The summed E-state index contributed by atoms with van der Waals surface area (Å²) in [6.45, 7) is 2.15. The zero-order chi connectivity index (χ0) is 22.6. The third-order valence-corrected chi connectivity index (χ3v) is 7.08. The molecular formula is C23H29ClN2O4S. The van der Waals surface area contributed by atoms with Crippen molar-refractivity contribution in [3.63, 3.8) is 0 Å². The fraction of sp³-hybridized carbons (Fsp3) is 0.435. The molecule has 0 aromatic heterocycles. The van der Waals surface area contributed by atoms with E-state index < -0.39 is 10.0 Å². The van der Waals surface area contributed by atoms with Gasteiger partial charge in [0.05, 0.1) is 30.1 Å². The topological polar surface area (TPSA) is 75.7 Å². The van der Waals surface area contributed by atoms with Crippen molar-refractivity contribution >= 4 is 33.2 Å². The summed E-state index contributed by atoms with van der Waals surface area (Å²) in [6.07, 6.45) is 5.18. The Hall–Kier alpha value is -2.25. The Kier molecular flexibility index (Phi) is 7.49. The SMILES string of the molecule is COc1ccc(N(CCCC(=O)NC(C)c2ccc3c(c2)CCC3)S(C)(=O)=O)cc1Cl. The molecule has 2 aromatic rings. The zero-order valence-electron chi connectivity index (χ0n) is 18.2. The van der Waals surface area contributed by atoms with Gasteiger partial charge in [-0.25, -0.2) is 8.42 Å². The van der Waals surface area contributed by atoms with E-state index in [1.807, 2.05) is 6.92 Å². The minimum atomic E-state index is -3.52. The van der Waals surface area contributed by atoms with Gasteiger partial charge in [-0.05, 0) is 67.5 Å². The van der Waals surface area contributed by atoms with Crippen LogP contribution in [-0.4, -0.2) is 34.2 Å². The lowest BCUT2D eigenvalue weighted by atomic mass is 10.0. The Bertz CT molecular complexity index is 1060. The number of carbonyl (C=O) groups excluding carboxylic acids is 1. The Morgan fingerprint density at radius 2 is 1.94 bits per heavy atom. The van der Waals surface area contributed by atoms with Crippen molar-refractivity contribution in [2.75, 3.05) is 24.2 Å². The second-order valence-electron chi connectivity index (χ2n) is 7.93. The van der Waals surface area contributed by atoms with Gasteiger partial charge in [0.25, 0.3) is 0 Å². The molecule has 0 saturated carbocycles. The van der Waals surface area contributed by atoms with E-state index in [4.69, 9.17) is 16.3 Å². The van der Waals surface area contributed by atoms with Crippen LogP contribution in [0.4, 0.5) is 5.69 Å². The minimum Gasteiger partial charge on any atom is -0.495 e. The molecule has 1 aliphatic rings. The summed E-state index contributed by atoms with van der Waals surface area (Å²) in [6, 6.07) is 11.1. The number of benzene rings is 2. The Morgan fingerprint density at radius 3 is 2.61 bits per heavy atom. The molecule has 1 aliphatic carbocycles. The highest BCUT2D eigenvalue weighted by atomic mass is 35.5. The fourth-order valence-corrected chi connectivity index (χ4v) is 5.15. The molecule has 0 aliphatic heterocycles. The lowest BCUT2D eigenvalue weighted by Gasteiger charge is -2.23. The number of amides is 1. The lowest BCUT2D eigenvalue weighted by Crippen LogP contribution is -2.32. The van der Waals surface area contributed by atoms with E-state index in [1.54, 1.807) is 18.2 Å². The van der Waals surface area contributed by atoms with Crippen LogP contribution >= 0.6 is 11.6 Å². The standard InChI is InChI=1S/C23H29ClN2O4S/c1-16(18-10-9-17-6-4-7-19(17)14-18)25-23(27)8-5-13-26(31(3,28)29)20-11-12-22(30-2)21(24)15-20/h9-12,14-16H,4-8,13H2,1-3H3,(H,25,27). The van der Waals surface area contributed by atoms with E-state index in [0.29, 0.717) is 22.9 Å². The second-order valence-corrected chi connectivity index (χ2v) is 10.2.